The maximum atomic E-state index is 13.0. The normalized spacial score (nSPS) is 12.1. The lowest BCUT2D eigenvalue weighted by Crippen LogP contribution is -2.29. The van der Waals surface area contributed by atoms with Crippen LogP contribution in [0.3, 0.4) is 0 Å². The Kier molecular flexibility index (Phi) is 5.66. The van der Waals surface area contributed by atoms with Gasteiger partial charge >= 0.3 is 5.69 Å². The molecule has 5 rings (SSSR count). The monoisotopic (exact) mass is 468 g/mol. The molecule has 0 radical (unpaired) electrons. The van der Waals surface area contributed by atoms with Crippen LogP contribution in [0.25, 0.3) is 21.9 Å². The molecule has 2 aromatic carbocycles. The Morgan fingerprint density at radius 2 is 1.80 bits per heavy atom. The van der Waals surface area contributed by atoms with Gasteiger partial charge in [0.2, 0.25) is 0 Å². The summed E-state index contributed by atoms with van der Waals surface area (Å²) in [4.78, 5) is 50.7. The van der Waals surface area contributed by atoms with Gasteiger partial charge in [-0.1, -0.05) is 30.3 Å². The fraction of sp³-hybridized carbons (Fsp3) is 0.154. The fourth-order valence-electron chi connectivity index (χ4n) is 4.26. The van der Waals surface area contributed by atoms with Crippen molar-refractivity contribution in [1.82, 2.24) is 25.3 Å². The van der Waals surface area contributed by atoms with Crippen molar-refractivity contribution >= 4 is 33.5 Å². The molecule has 1 amide bonds. The highest BCUT2D eigenvalue weighted by molar-refractivity contribution is 5.96. The van der Waals surface area contributed by atoms with Gasteiger partial charge in [-0.15, -0.1) is 0 Å². The Morgan fingerprint density at radius 1 is 1.03 bits per heavy atom. The predicted molar refractivity (Wildman–Crippen MR) is 136 cm³/mol. The zero-order valence-electron chi connectivity index (χ0n) is 19.3. The van der Waals surface area contributed by atoms with E-state index in [2.05, 4.69) is 55.6 Å². The summed E-state index contributed by atoms with van der Waals surface area (Å²) in [7, 11) is 3.98. The second kappa shape index (κ2) is 8.94. The minimum absolute atomic E-state index is 0.112. The molecule has 0 bridgehead atoms. The van der Waals surface area contributed by atoms with Gasteiger partial charge in [-0.3, -0.25) is 19.6 Å². The van der Waals surface area contributed by atoms with Crippen molar-refractivity contribution in [1.29, 1.82) is 0 Å². The average Bonchev–Trinajstić information content (AvgIpc) is 3.28. The Labute approximate surface area is 199 Å². The third-order valence-electron chi connectivity index (χ3n) is 6.13. The van der Waals surface area contributed by atoms with Gasteiger partial charge in [-0.25, -0.2) is 9.78 Å². The Balaban J connectivity index is 1.47. The number of hydrogen-bond donors (Lipinski definition) is 4. The van der Waals surface area contributed by atoms with Gasteiger partial charge in [-0.05, 0) is 35.4 Å². The topological polar surface area (TPSA) is 127 Å². The summed E-state index contributed by atoms with van der Waals surface area (Å²) in [6.07, 6.45) is 3.33. The molecule has 0 spiro atoms. The van der Waals surface area contributed by atoms with E-state index in [1.54, 1.807) is 0 Å². The predicted octanol–water partition coefficient (Wildman–Crippen LogP) is 2.72. The molecular formula is C26H24N6O3. The number of carbonyl (C=O) groups is 1. The van der Waals surface area contributed by atoms with Crippen molar-refractivity contribution in [2.75, 3.05) is 25.5 Å². The van der Waals surface area contributed by atoms with Crippen LogP contribution in [0.5, 0.6) is 0 Å². The second-order valence-corrected chi connectivity index (χ2v) is 8.57. The number of para-hydroxylation sites is 1. The fourth-order valence-corrected chi connectivity index (χ4v) is 4.26. The summed E-state index contributed by atoms with van der Waals surface area (Å²) in [6.45, 7) is 0.335. The van der Waals surface area contributed by atoms with Gasteiger partial charge in [0.15, 0.2) is 0 Å². The molecule has 5 aromatic rings. The standard InChI is InChI=1S/C26H24N6O3/c1-32(2)17-9-7-15(8-10-17)20(21-14-27-22-6-4-3-5-18(21)22)13-29-24(33)16-11-19-23(28-12-16)30-26(35)31-25(19)34/h3-12,14,20,27H,13H2,1-2H3,(H,29,33)(H2,28,30,31,34,35). The number of fused-ring (bicyclic) bond motifs is 2. The number of rotatable bonds is 6. The van der Waals surface area contributed by atoms with Gasteiger partial charge in [0.05, 0.1) is 10.9 Å². The van der Waals surface area contributed by atoms with Crippen LogP contribution in [0.4, 0.5) is 5.69 Å². The number of pyridine rings is 1. The van der Waals surface area contributed by atoms with E-state index in [1.807, 2.05) is 43.4 Å². The SMILES string of the molecule is CN(C)c1ccc(C(CNC(=O)c2cnc3[nH]c(=O)[nH]c(=O)c3c2)c2c[nH]c3ccccc23)cc1. The van der Waals surface area contributed by atoms with E-state index in [0.717, 1.165) is 27.7 Å². The zero-order chi connectivity index (χ0) is 24.5. The van der Waals surface area contributed by atoms with Crippen LogP contribution in [0.1, 0.15) is 27.4 Å². The number of aromatic amines is 3. The minimum Gasteiger partial charge on any atom is -0.378 e. The number of nitrogens with zero attached hydrogens (tertiary/aromatic N) is 2. The molecule has 0 aliphatic rings. The Bertz CT molecular complexity index is 1650. The quantitative estimate of drug-likeness (QED) is 0.305. The lowest BCUT2D eigenvalue weighted by atomic mass is 9.90. The summed E-state index contributed by atoms with van der Waals surface area (Å²) < 4.78 is 0. The molecular weight excluding hydrogens is 444 g/mol. The van der Waals surface area contributed by atoms with Crippen LogP contribution in [-0.4, -0.2) is 46.5 Å². The average molecular weight is 469 g/mol. The number of H-pyrrole nitrogens is 3. The van der Waals surface area contributed by atoms with E-state index < -0.39 is 11.2 Å². The third-order valence-corrected chi connectivity index (χ3v) is 6.13. The summed E-state index contributed by atoms with van der Waals surface area (Å²) >= 11 is 0. The van der Waals surface area contributed by atoms with E-state index in [9.17, 15) is 14.4 Å². The first-order valence-electron chi connectivity index (χ1n) is 11.1. The first-order chi connectivity index (χ1) is 16.9. The maximum absolute atomic E-state index is 13.0. The lowest BCUT2D eigenvalue weighted by Gasteiger charge is -2.20. The molecule has 9 nitrogen and oxygen atoms in total. The first-order valence-corrected chi connectivity index (χ1v) is 11.1. The molecule has 0 saturated carbocycles. The summed E-state index contributed by atoms with van der Waals surface area (Å²) in [6, 6.07) is 17.7. The summed E-state index contributed by atoms with van der Waals surface area (Å²) in [5, 5.41) is 4.23. The van der Waals surface area contributed by atoms with Gasteiger partial charge in [0, 0.05) is 55.5 Å². The van der Waals surface area contributed by atoms with Crippen molar-refractivity contribution in [2.24, 2.45) is 0 Å². The minimum atomic E-state index is -0.644. The van der Waals surface area contributed by atoms with Gasteiger partial charge in [0.25, 0.3) is 11.5 Å². The van der Waals surface area contributed by atoms with Gasteiger partial charge in [0.1, 0.15) is 5.65 Å². The highest BCUT2D eigenvalue weighted by Crippen LogP contribution is 2.31. The first kappa shape index (κ1) is 22.1. The van der Waals surface area contributed by atoms with Crippen LogP contribution >= 0.6 is 0 Å². The van der Waals surface area contributed by atoms with Crippen molar-refractivity contribution in [3.63, 3.8) is 0 Å². The number of anilines is 1. The molecule has 0 aliphatic heterocycles. The molecule has 3 heterocycles. The van der Waals surface area contributed by atoms with Gasteiger partial charge < -0.3 is 15.2 Å². The largest absolute Gasteiger partial charge is 0.378 e. The van der Waals surface area contributed by atoms with E-state index in [4.69, 9.17) is 0 Å². The van der Waals surface area contributed by atoms with Crippen LogP contribution in [-0.2, 0) is 0 Å². The van der Waals surface area contributed by atoms with E-state index >= 15 is 0 Å². The van der Waals surface area contributed by atoms with Crippen molar-refractivity contribution < 1.29 is 4.79 Å². The molecule has 1 unspecified atom stereocenters. The number of carbonyl (C=O) groups excluding carboxylic acids is 1. The van der Waals surface area contributed by atoms with E-state index in [0.29, 0.717) is 6.54 Å². The van der Waals surface area contributed by atoms with Crippen LogP contribution < -0.4 is 21.5 Å². The maximum Gasteiger partial charge on any atom is 0.327 e. The van der Waals surface area contributed by atoms with Crippen LogP contribution in [0.2, 0.25) is 0 Å². The molecule has 9 heteroatoms. The molecule has 1 atom stereocenters. The molecule has 0 aliphatic carbocycles. The van der Waals surface area contributed by atoms with Crippen LogP contribution in [0, 0.1) is 0 Å². The second-order valence-electron chi connectivity index (χ2n) is 8.57. The summed E-state index contributed by atoms with van der Waals surface area (Å²) in [5.74, 6) is -0.473. The molecule has 0 saturated heterocycles. The highest BCUT2D eigenvalue weighted by atomic mass is 16.2. The zero-order valence-corrected chi connectivity index (χ0v) is 19.3. The highest BCUT2D eigenvalue weighted by Gasteiger charge is 2.20. The molecule has 0 fully saturated rings. The third kappa shape index (κ3) is 4.31. The lowest BCUT2D eigenvalue weighted by molar-refractivity contribution is 0.0952. The van der Waals surface area contributed by atoms with Crippen molar-refractivity contribution in [2.45, 2.75) is 5.92 Å². The van der Waals surface area contributed by atoms with E-state index in [1.165, 1.54) is 12.3 Å². The van der Waals surface area contributed by atoms with Crippen LogP contribution in [0.15, 0.2) is 76.6 Å². The number of hydrogen-bond acceptors (Lipinski definition) is 5. The molecule has 35 heavy (non-hydrogen) atoms. The number of aromatic nitrogens is 4. The van der Waals surface area contributed by atoms with Crippen molar-refractivity contribution in [3.05, 3.63) is 105 Å². The number of amides is 1. The molecule has 3 aromatic heterocycles. The molecule has 176 valence electrons. The Hall–Kier alpha value is -4.66. The Morgan fingerprint density at radius 3 is 2.57 bits per heavy atom. The van der Waals surface area contributed by atoms with Gasteiger partial charge in [-0.2, -0.15) is 0 Å². The summed E-state index contributed by atoms with van der Waals surface area (Å²) in [5.41, 5.74) is 3.37. The van der Waals surface area contributed by atoms with Crippen molar-refractivity contribution in [3.8, 4) is 0 Å². The number of benzene rings is 2. The van der Waals surface area contributed by atoms with E-state index in [-0.39, 0.29) is 28.4 Å². The molecule has 4 N–H and O–H groups in total. The smallest absolute Gasteiger partial charge is 0.327 e. The number of nitrogens with one attached hydrogen (secondary N) is 4.